The molecule has 2 N–H and O–H groups in total. The molecule has 0 atom stereocenters. The predicted octanol–water partition coefficient (Wildman–Crippen LogP) is 1.34. The molecule has 0 saturated heterocycles. The van der Waals surface area contributed by atoms with Gasteiger partial charge < -0.3 is 5.32 Å². The molecule has 2 aromatic rings. The van der Waals surface area contributed by atoms with Crippen molar-refractivity contribution in [1.29, 1.82) is 0 Å². The number of hydrogen-bond acceptors (Lipinski definition) is 4. The van der Waals surface area contributed by atoms with Gasteiger partial charge in [0.2, 0.25) is 15.9 Å². The molecule has 1 aromatic heterocycles. The molecule has 0 saturated carbocycles. The fraction of sp³-hybridized carbons (Fsp3) is 0.333. The molecule has 1 aromatic carbocycles. The molecule has 0 aliphatic rings. The number of benzene rings is 1. The molecule has 1 heterocycles. The maximum atomic E-state index is 12.2. The summed E-state index contributed by atoms with van der Waals surface area (Å²) in [5, 5.41) is 6.62. The fourth-order valence-corrected chi connectivity index (χ4v) is 3.42. The van der Waals surface area contributed by atoms with Gasteiger partial charge in [-0.3, -0.25) is 9.48 Å². The van der Waals surface area contributed by atoms with Gasteiger partial charge in [0.05, 0.1) is 4.90 Å². The summed E-state index contributed by atoms with van der Waals surface area (Å²) < 4.78 is 28.5. The number of sulfonamides is 1. The second kappa shape index (κ2) is 6.93. The van der Waals surface area contributed by atoms with Crippen LogP contribution in [-0.2, 0) is 21.9 Å². The first-order valence-corrected chi connectivity index (χ1v) is 8.63. The molecule has 124 valence electrons. The van der Waals surface area contributed by atoms with E-state index >= 15 is 0 Å². The van der Waals surface area contributed by atoms with Crippen LogP contribution in [0.4, 0.5) is 5.82 Å². The zero-order valence-corrected chi connectivity index (χ0v) is 14.1. The van der Waals surface area contributed by atoms with Crippen LogP contribution in [0.1, 0.15) is 17.5 Å². The van der Waals surface area contributed by atoms with Crippen molar-refractivity contribution in [1.82, 2.24) is 14.5 Å². The van der Waals surface area contributed by atoms with E-state index in [0.29, 0.717) is 11.4 Å². The highest BCUT2D eigenvalue weighted by molar-refractivity contribution is 7.89. The van der Waals surface area contributed by atoms with Crippen molar-refractivity contribution in [3.8, 4) is 0 Å². The summed E-state index contributed by atoms with van der Waals surface area (Å²) in [6.07, 6.45) is 1.74. The number of hydrogen-bond donors (Lipinski definition) is 2. The molecule has 0 spiro atoms. The van der Waals surface area contributed by atoms with E-state index in [1.54, 1.807) is 43.0 Å². The highest BCUT2D eigenvalue weighted by atomic mass is 32.2. The molecule has 0 bridgehead atoms. The Labute approximate surface area is 135 Å². The topological polar surface area (TPSA) is 93.1 Å². The van der Waals surface area contributed by atoms with Gasteiger partial charge in [-0.2, -0.15) is 5.10 Å². The van der Waals surface area contributed by atoms with Crippen molar-refractivity contribution in [2.24, 2.45) is 7.05 Å². The van der Waals surface area contributed by atoms with Gasteiger partial charge in [-0.1, -0.05) is 17.7 Å². The Morgan fingerprint density at radius 3 is 2.61 bits per heavy atom. The minimum atomic E-state index is -3.62. The summed E-state index contributed by atoms with van der Waals surface area (Å²) in [5.74, 6) is 0.141. The molecular weight excluding hydrogens is 316 g/mol. The Balaban J connectivity index is 1.90. The van der Waals surface area contributed by atoms with E-state index in [0.717, 1.165) is 5.56 Å². The molecule has 0 aliphatic carbocycles. The van der Waals surface area contributed by atoms with Gasteiger partial charge in [0.25, 0.3) is 0 Å². The summed E-state index contributed by atoms with van der Waals surface area (Å²) in [4.78, 5) is 12.0. The number of nitrogens with one attached hydrogen (secondary N) is 2. The van der Waals surface area contributed by atoms with E-state index in [4.69, 9.17) is 0 Å². The molecule has 8 heteroatoms. The fourth-order valence-electron chi connectivity index (χ4n) is 2.16. The van der Waals surface area contributed by atoms with E-state index in [1.165, 1.54) is 0 Å². The summed E-state index contributed by atoms with van der Waals surface area (Å²) in [5.41, 5.74) is 1.67. The number of nitrogens with zero attached hydrogens (tertiary/aromatic N) is 2. The number of carbonyl (C=O) groups excluding carboxylic acids is 1. The summed E-state index contributed by atoms with van der Waals surface area (Å²) in [6.45, 7) is 3.67. The average Bonchev–Trinajstić information content (AvgIpc) is 2.83. The predicted molar refractivity (Wildman–Crippen MR) is 87.6 cm³/mol. The molecule has 0 unspecified atom stereocenters. The summed E-state index contributed by atoms with van der Waals surface area (Å²) in [7, 11) is -1.88. The van der Waals surface area contributed by atoms with E-state index in [2.05, 4.69) is 15.1 Å². The number of anilines is 1. The second-order valence-electron chi connectivity index (χ2n) is 5.34. The number of carbonyl (C=O) groups is 1. The Morgan fingerprint density at radius 1 is 1.26 bits per heavy atom. The van der Waals surface area contributed by atoms with Crippen LogP contribution in [0, 0.1) is 13.8 Å². The van der Waals surface area contributed by atoms with Gasteiger partial charge in [0.15, 0.2) is 5.82 Å². The maximum Gasteiger partial charge on any atom is 0.240 e. The van der Waals surface area contributed by atoms with Crippen LogP contribution < -0.4 is 10.0 Å². The molecule has 0 radical (unpaired) electrons. The maximum absolute atomic E-state index is 12.2. The van der Waals surface area contributed by atoms with Crippen molar-refractivity contribution < 1.29 is 13.2 Å². The number of aryl methyl sites for hydroxylation is 3. The third-order valence-corrected chi connectivity index (χ3v) is 4.87. The molecule has 7 nitrogen and oxygen atoms in total. The lowest BCUT2D eigenvalue weighted by Crippen LogP contribution is -2.28. The molecule has 2 rings (SSSR count). The average molecular weight is 336 g/mol. The molecular formula is C15H20N4O3S. The lowest BCUT2D eigenvalue weighted by atomic mass is 10.2. The van der Waals surface area contributed by atoms with Gasteiger partial charge in [-0.05, 0) is 25.5 Å². The van der Waals surface area contributed by atoms with Crippen LogP contribution in [0.2, 0.25) is 0 Å². The smallest absolute Gasteiger partial charge is 0.240 e. The van der Waals surface area contributed by atoms with E-state index < -0.39 is 10.0 Å². The van der Waals surface area contributed by atoms with E-state index in [9.17, 15) is 13.2 Å². The van der Waals surface area contributed by atoms with E-state index in [1.807, 2.05) is 13.0 Å². The monoisotopic (exact) mass is 336 g/mol. The Kier molecular flexibility index (Phi) is 5.17. The third kappa shape index (κ3) is 4.64. The minimum absolute atomic E-state index is 0.0221. The highest BCUT2D eigenvalue weighted by Crippen LogP contribution is 2.16. The van der Waals surface area contributed by atoms with Crippen molar-refractivity contribution in [3.63, 3.8) is 0 Å². The first kappa shape index (κ1) is 17.2. The largest absolute Gasteiger partial charge is 0.309 e. The molecule has 23 heavy (non-hydrogen) atoms. The Morgan fingerprint density at radius 2 is 2.00 bits per heavy atom. The van der Waals surface area contributed by atoms with Gasteiger partial charge in [-0.25, -0.2) is 13.1 Å². The van der Waals surface area contributed by atoms with Gasteiger partial charge in [0.1, 0.15) is 0 Å². The van der Waals surface area contributed by atoms with Gasteiger partial charge in [-0.15, -0.1) is 0 Å². The van der Waals surface area contributed by atoms with Crippen LogP contribution in [0.3, 0.4) is 0 Å². The van der Waals surface area contributed by atoms with Crippen molar-refractivity contribution in [3.05, 3.63) is 41.6 Å². The molecule has 0 fully saturated rings. The van der Waals surface area contributed by atoms with Crippen LogP contribution in [0.15, 0.2) is 35.4 Å². The SMILES string of the molecule is Cc1ccc(S(=O)(=O)NCCC(=O)Nc2ccn(C)n2)c(C)c1. The summed E-state index contributed by atoms with van der Waals surface area (Å²) >= 11 is 0. The highest BCUT2D eigenvalue weighted by Gasteiger charge is 2.16. The Hall–Kier alpha value is -2.19. The quantitative estimate of drug-likeness (QED) is 0.832. The zero-order chi connectivity index (χ0) is 17.0. The third-order valence-electron chi connectivity index (χ3n) is 3.25. The van der Waals surface area contributed by atoms with Crippen molar-refractivity contribution >= 4 is 21.7 Å². The standard InChI is InChI=1S/C15H20N4O3S/c1-11-4-5-13(12(2)10-11)23(21,22)16-8-6-15(20)17-14-7-9-19(3)18-14/h4-5,7,9-10,16H,6,8H2,1-3H3,(H,17,18,20). The lowest BCUT2D eigenvalue weighted by molar-refractivity contribution is -0.116. The molecule has 1 amide bonds. The lowest BCUT2D eigenvalue weighted by Gasteiger charge is -2.09. The second-order valence-corrected chi connectivity index (χ2v) is 7.07. The summed E-state index contributed by atoms with van der Waals surface area (Å²) in [6, 6.07) is 6.79. The van der Waals surface area contributed by atoms with Crippen LogP contribution in [0.5, 0.6) is 0 Å². The number of aromatic nitrogens is 2. The number of rotatable bonds is 6. The van der Waals surface area contributed by atoms with Crippen molar-refractivity contribution in [2.75, 3.05) is 11.9 Å². The zero-order valence-electron chi connectivity index (χ0n) is 13.3. The first-order chi connectivity index (χ1) is 10.8. The van der Waals surface area contributed by atoms with Crippen LogP contribution >= 0.6 is 0 Å². The number of amides is 1. The van der Waals surface area contributed by atoms with Crippen molar-refractivity contribution in [2.45, 2.75) is 25.2 Å². The normalized spacial score (nSPS) is 11.4. The first-order valence-electron chi connectivity index (χ1n) is 7.14. The van der Waals surface area contributed by atoms with Crippen LogP contribution in [0.25, 0.3) is 0 Å². The van der Waals surface area contributed by atoms with E-state index in [-0.39, 0.29) is 23.8 Å². The molecule has 0 aliphatic heterocycles. The van der Waals surface area contributed by atoms with Crippen LogP contribution in [-0.4, -0.2) is 30.7 Å². The minimum Gasteiger partial charge on any atom is -0.309 e. The van der Waals surface area contributed by atoms with Gasteiger partial charge >= 0.3 is 0 Å². The Bertz CT molecular complexity index is 812. The van der Waals surface area contributed by atoms with Gasteiger partial charge in [0, 0.05) is 32.3 Å².